The highest BCUT2D eigenvalue weighted by Crippen LogP contribution is 2.33. The molecule has 0 bridgehead atoms. The van der Waals surface area contributed by atoms with Crippen molar-refractivity contribution in [3.63, 3.8) is 0 Å². The van der Waals surface area contributed by atoms with Gasteiger partial charge in [0.15, 0.2) is 5.76 Å². The molecule has 4 heteroatoms. The van der Waals surface area contributed by atoms with Crippen LogP contribution in [0.15, 0.2) is 41.1 Å². The summed E-state index contributed by atoms with van der Waals surface area (Å²) in [6.45, 7) is 1.81. The number of hydrogen-bond donors (Lipinski definition) is 0. The highest BCUT2D eigenvalue weighted by molar-refractivity contribution is 5.21. The first kappa shape index (κ1) is 11.4. The van der Waals surface area contributed by atoms with Crippen molar-refractivity contribution in [1.29, 1.82) is 0 Å². The molecule has 1 fully saturated rings. The normalized spacial score (nSPS) is 20.4. The number of halogens is 1. The molecule has 3 rings (SSSR count). The van der Waals surface area contributed by atoms with Crippen LogP contribution in [-0.4, -0.2) is 16.6 Å². The van der Waals surface area contributed by atoms with Gasteiger partial charge in [-0.15, -0.1) is 0 Å². The van der Waals surface area contributed by atoms with Gasteiger partial charge in [0, 0.05) is 12.1 Å². The van der Waals surface area contributed by atoms with Gasteiger partial charge in [-0.05, 0) is 37.1 Å². The van der Waals surface area contributed by atoms with Crippen LogP contribution in [0.3, 0.4) is 0 Å². The lowest BCUT2D eigenvalue weighted by molar-refractivity contribution is 0.217. The van der Waals surface area contributed by atoms with Gasteiger partial charge in [-0.3, -0.25) is 4.90 Å². The molecular weight excluding hydrogens is 231 g/mol. The minimum Gasteiger partial charge on any atom is -0.360 e. The van der Waals surface area contributed by atoms with E-state index in [0.29, 0.717) is 6.04 Å². The Labute approximate surface area is 105 Å². The molecule has 18 heavy (non-hydrogen) atoms. The Morgan fingerprint density at radius 3 is 2.83 bits per heavy atom. The summed E-state index contributed by atoms with van der Waals surface area (Å²) in [5, 5.41) is 3.72. The zero-order valence-electron chi connectivity index (χ0n) is 10.1. The van der Waals surface area contributed by atoms with Crippen LogP contribution >= 0.6 is 0 Å². The Bertz CT molecular complexity index is 495. The first-order valence-electron chi connectivity index (χ1n) is 6.22. The molecule has 1 aliphatic heterocycles. The molecule has 0 spiro atoms. The molecule has 0 saturated carbocycles. The van der Waals surface area contributed by atoms with Crippen molar-refractivity contribution in [3.05, 3.63) is 53.7 Å². The third-order valence-electron chi connectivity index (χ3n) is 3.47. The van der Waals surface area contributed by atoms with Crippen LogP contribution in [-0.2, 0) is 6.54 Å². The van der Waals surface area contributed by atoms with Crippen LogP contribution in [0.5, 0.6) is 0 Å². The maximum Gasteiger partial charge on any atom is 0.150 e. The van der Waals surface area contributed by atoms with Crippen LogP contribution in [0, 0.1) is 5.82 Å². The van der Waals surface area contributed by atoms with Gasteiger partial charge in [0.05, 0.1) is 12.7 Å². The lowest BCUT2D eigenvalue weighted by Crippen LogP contribution is -2.22. The molecule has 0 N–H and O–H groups in total. The summed E-state index contributed by atoms with van der Waals surface area (Å²) in [6, 6.07) is 9.05. The lowest BCUT2D eigenvalue weighted by Gasteiger charge is -2.23. The van der Waals surface area contributed by atoms with Crippen LogP contribution < -0.4 is 0 Å². The molecule has 1 aromatic carbocycles. The standard InChI is InChI=1S/C14H15FN2O/c15-12-5-3-11(4-6-12)14-2-1-9-17(14)10-13-7-8-16-18-13/h3-8,14H,1-2,9-10H2/t14-/m0/s1. The average Bonchev–Trinajstić information content (AvgIpc) is 3.02. The second-order valence-electron chi connectivity index (χ2n) is 4.66. The third-order valence-corrected chi connectivity index (χ3v) is 3.47. The van der Waals surface area contributed by atoms with Crippen molar-refractivity contribution in [3.8, 4) is 0 Å². The predicted octanol–water partition coefficient (Wildman–Crippen LogP) is 3.15. The van der Waals surface area contributed by atoms with Gasteiger partial charge in [-0.25, -0.2) is 4.39 Å². The zero-order chi connectivity index (χ0) is 12.4. The molecule has 3 nitrogen and oxygen atoms in total. The Hall–Kier alpha value is -1.68. The van der Waals surface area contributed by atoms with E-state index in [0.717, 1.165) is 31.7 Å². The summed E-state index contributed by atoms with van der Waals surface area (Å²) >= 11 is 0. The maximum atomic E-state index is 12.9. The van der Waals surface area contributed by atoms with Crippen molar-refractivity contribution in [2.75, 3.05) is 6.54 Å². The fraction of sp³-hybridized carbons (Fsp3) is 0.357. The first-order chi connectivity index (χ1) is 8.83. The molecule has 1 saturated heterocycles. The monoisotopic (exact) mass is 246 g/mol. The molecule has 2 aromatic rings. The van der Waals surface area contributed by atoms with E-state index in [2.05, 4.69) is 10.1 Å². The second kappa shape index (κ2) is 4.90. The van der Waals surface area contributed by atoms with Crippen molar-refractivity contribution >= 4 is 0 Å². The van der Waals surface area contributed by atoms with E-state index in [1.165, 1.54) is 17.7 Å². The van der Waals surface area contributed by atoms with Crippen LogP contribution in [0.25, 0.3) is 0 Å². The van der Waals surface area contributed by atoms with Gasteiger partial charge in [0.2, 0.25) is 0 Å². The molecule has 1 aliphatic rings. The smallest absolute Gasteiger partial charge is 0.150 e. The van der Waals surface area contributed by atoms with Crippen LogP contribution in [0.4, 0.5) is 4.39 Å². The molecule has 94 valence electrons. The topological polar surface area (TPSA) is 29.3 Å². The summed E-state index contributed by atoms with van der Waals surface area (Å²) in [6.07, 6.45) is 3.94. The highest BCUT2D eigenvalue weighted by atomic mass is 19.1. The molecule has 0 unspecified atom stereocenters. The largest absolute Gasteiger partial charge is 0.360 e. The van der Waals surface area contributed by atoms with Gasteiger partial charge in [-0.2, -0.15) is 0 Å². The Morgan fingerprint density at radius 1 is 1.28 bits per heavy atom. The minimum atomic E-state index is -0.182. The van der Waals surface area contributed by atoms with Crippen LogP contribution in [0.2, 0.25) is 0 Å². The summed E-state index contributed by atoms with van der Waals surface area (Å²) in [7, 11) is 0. The molecule has 1 atom stereocenters. The van der Waals surface area contributed by atoms with E-state index in [9.17, 15) is 4.39 Å². The Morgan fingerprint density at radius 2 is 2.11 bits per heavy atom. The summed E-state index contributed by atoms with van der Waals surface area (Å²) in [4.78, 5) is 2.35. The van der Waals surface area contributed by atoms with E-state index in [1.54, 1.807) is 6.20 Å². The minimum absolute atomic E-state index is 0.182. The van der Waals surface area contributed by atoms with Crippen molar-refractivity contribution < 1.29 is 8.91 Å². The van der Waals surface area contributed by atoms with Crippen molar-refractivity contribution in [1.82, 2.24) is 10.1 Å². The quantitative estimate of drug-likeness (QED) is 0.833. The SMILES string of the molecule is Fc1ccc([C@@H]2CCCN2Cc2ccno2)cc1. The van der Waals surface area contributed by atoms with Gasteiger partial charge < -0.3 is 4.52 Å². The first-order valence-corrected chi connectivity index (χ1v) is 6.22. The van der Waals surface area contributed by atoms with Crippen LogP contribution in [0.1, 0.15) is 30.2 Å². The Balaban J connectivity index is 1.76. The maximum absolute atomic E-state index is 12.9. The van der Waals surface area contributed by atoms with E-state index in [1.807, 2.05) is 18.2 Å². The number of rotatable bonds is 3. The highest BCUT2D eigenvalue weighted by Gasteiger charge is 2.26. The zero-order valence-corrected chi connectivity index (χ0v) is 10.1. The molecular formula is C14H15FN2O. The third kappa shape index (κ3) is 2.29. The van der Waals surface area contributed by atoms with Crippen molar-refractivity contribution in [2.24, 2.45) is 0 Å². The number of aromatic nitrogens is 1. The Kier molecular flexibility index (Phi) is 3.11. The number of nitrogens with zero attached hydrogens (tertiary/aromatic N) is 2. The van der Waals surface area contributed by atoms with E-state index < -0.39 is 0 Å². The summed E-state index contributed by atoms with van der Waals surface area (Å²) < 4.78 is 18.1. The summed E-state index contributed by atoms with van der Waals surface area (Å²) in [5.41, 5.74) is 1.17. The fourth-order valence-electron chi connectivity index (χ4n) is 2.60. The lowest BCUT2D eigenvalue weighted by atomic mass is 10.0. The van der Waals surface area contributed by atoms with E-state index >= 15 is 0 Å². The molecule has 0 aliphatic carbocycles. The molecule has 0 radical (unpaired) electrons. The fourth-order valence-corrected chi connectivity index (χ4v) is 2.60. The van der Waals surface area contributed by atoms with E-state index in [4.69, 9.17) is 4.52 Å². The predicted molar refractivity (Wildman–Crippen MR) is 65.3 cm³/mol. The van der Waals surface area contributed by atoms with E-state index in [-0.39, 0.29) is 5.82 Å². The van der Waals surface area contributed by atoms with Gasteiger partial charge in [0.25, 0.3) is 0 Å². The van der Waals surface area contributed by atoms with Gasteiger partial charge in [0.1, 0.15) is 5.82 Å². The molecule has 0 amide bonds. The van der Waals surface area contributed by atoms with Gasteiger partial charge in [-0.1, -0.05) is 17.3 Å². The second-order valence-corrected chi connectivity index (χ2v) is 4.66. The number of hydrogen-bond acceptors (Lipinski definition) is 3. The number of benzene rings is 1. The van der Waals surface area contributed by atoms with Crippen molar-refractivity contribution in [2.45, 2.75) is 25.4 Å². The van der Waals surface area contributed by atoms with Gasteiger partial charge >= 0.3 is 0 Å². The number of likely N-dealkylation sites (tertiary alicyclic amines) is 1. The average molecular weight is 246 g/mol. The molecule has 2 heterocycles. The molecule has 1 aromatic heterocycles. The summed E-state index contributed by atoms with van der Waals surface area (Å²) in [5.74, 6) is 0.697.